The van der Waals surface area contributed by atoms with Gasteiger partial charge in [-0.05, 0) is 6.42 Å². The molecule has 2 aliphatic rings. The number of aliphatic hydroxyl groups is 1. The predicted molar refractivity (Wildman–Crippen MR) is 50.4 cm³/mol. The number of nitrogens with one attached hydrogen (secondary N) is 2. The maximum Gasteiger partial charge on any atom is 0.251 e. The lowest BCUT2D eigenvalue weighted by Gasteiger charge is -2.39. The molecule has 2 rings (SSSR count). The monoisotopic (exact) mass is 198 g/mol. The van der Waals surface area contributed by atoms with Crippen LogP contribution in [0.4, 0.5) is 0 Å². The van der Waals surface area contributed by atoms with Crippen LogP contribution in [0.15, 0.2) is 4.99 Å². The molecule has 1 fully saturated rings. The van der Waals surface area contributed by atoms with Crippen molar-refractivity contribution in [2.45, 2.75) is 31.9 Å². The number of aliphatic imine (C=N–C) groups is 1. The molecule has 2 aliphatic heterocycles. The summed E-state index contributed by atoms with van der Waals surface area (Å²) >= 11 is 0. The minimum absolute atomic E-state index is 0.196. The lowest BCUT2D eigenvalue weighted by Crippen LogP contribution is -2.67. The molecule has 0 aliphatic carbocycles. The Bertz CT molecular complexity index is 268. The van der Waals surface area contributed by atoms with Gasteiger partial charge in [0, 0.05) is 6.54 Å². The predicted octanol–water partition coefficient (Wildman–Crippen LogP) is -1.57. The van der Waals surface area contributed by atoms with Crippen molar-refractivity contribution in [2.75, 3.05) is 6.54 Å². The molecule has 2 heterocycles. The van der Waals surface area contributed by atoms with E-state index in [1.54, 1.807) is 4.90 Å². The van der Waals surface area contributed by atoms with Crippen LogP contribution in [0.5, 0.6) is 0 Å². The number of rotatable bonds is 2. The van der Waals surface area contributed by atoms with Crippen molar-refractivity contribution in [3.63, 3.8) is 0 Å². The Morgan fingerprint density at radius 1 is 1.71 bits per heavy atom. The third-order valence-electron chi connectivity index (χ3n) is 2.47. The summed E-state index contributed by atoms with van der Waals surface area (Å²) in [4.78, 5) is 17.2. The van der Waals surface area contributed by atoms with Crippen molar-refractivity contribution >= 4 is 12.2 Å². The minimum atomic E-state index is -0.905. The zero-order valence-corrected chi connectivity index (χ0v) is 7.97. The van der Waals surface area contributed by atoms with Crippen LogP contribution in [-0.2, 0) is 4.79 Å². The first kappa shape index (κ1) is 9.42. The van der Waals surface area contributed by atoms with Gasteiger partial charge < -0.3 is 15.7 Å². The molecule has 0 aromatic heterocycles. The maximum absolute atomic E-state index is 11.4. The highest BCUT2D eigenvalue weighted by atomic mass is 16.3. The van der Waals surface area contributed by atoms with Crippen molar-refractivity contribution < 1.29 is 9.90 Å². The summed E-state index contributed by atoms with van der Waals surface area (Å²) in [5, 5.41) is 15.1. The molecule has 1 saturated heterocycles. The smallest absolute Gasteiger partial charge is 0.251 e. The van der Waals surface area contributed by atoms with Gasteiger partial charge in [0.2, 0.25) is 0 Å². The molecule has 3 atom stereocenters. The largest absolute Gasteiger partial charge is 0.361 e. The highest BCUT2D eigenvalue weighted by Crippen LogP contribution is 2.16. The summed E-state index contributed by atoms with van der Waals surface area (Å²) in [6.45, 7) is 2.74. The number of hydrogen-bond acceptors (Lipinski definition) is 5. The van der Waals surface area contributed by atoms with E-state index in [1.807, 2.05) is 6.92 Å². The average molecular weight is 198 g/mol. The lowest BCUT2D eigenvalue weighted by atomic mass is 10.1. The number of fused-ring (bicyclic) bond motifs is 1. The van der Waals surface area contributed by atoms with Gasteiger partial charge in [-0.25, -0.2) is 4.90 Å². The fraction of sp³-hybridized carbons (Fsp3) is 0.750. The highest BCUT2D eigenvalue weighted by Gasteiger charge is 2.42. The Labute approximate surface area is 82.0 Å². The number of nitrogens with zero attached hydrogens (tertiary/aromatic N) is 2. The second-order valence-corrected chi connectivity index (χ2v) is 3.45. The Morgan fingerprint density at radius 3 is 3.21 bits per heavy atom. The van der Waals surface area contributed by atoms with Crippen molar-refractivity contribution in [1.29, 1.82) is 0 Å². The van der Waals surface area contributed by atoms with Crippen LogP contribution in [-0.4, -0.2) is 47.4 Å². The summed E-state index contributed by atoms with van der Waals surface area (Å²) in [6.07, 6.45) is 1.34. The van der Waals surface area contributed by atoms with E-state index in [1.165, 1.54) is 6.34 Å². The molecule has 3 N–H and O–H groups in total. The summed E-state index contributed by atoms with van der Waals surface area (Å²) in [7, 11) is 0. The summed E-state index contributed by atoms with van der Waals surface area (Å²) in [5.41, 5.74) is 0. The van der Waals surface area contributed by atoms with Crippen molar-refractivity contribution in [3.05, 3.63) is 0 Å². The van der Waals surface area contributed by atoms with E-state index < -0.39 is 12.4 Å². The summed E-state index contributed by atoms with van der Waals surface area (Å²) in [6, 6.07) is -0.426. The SMILES string of the molecule is CCCN1C(O)NC(=O)C2N=CNC21. The zero-order valence-electron chi connectivity index (χ0n) is 7.97. The Morgan fingerprint density at radius 2 is 2.50 bits per heavy atom. The number of aliphatic hydroxyl groups excluding tert-OH is 1. The summed E-state index contributed by atoms with van der Waals surface area (Å²) < 4.78 is 0. The molecule has 3 unspecified atom stereocenters. The van der Waals surface area contributed by atoms with Crippen LogP contribution in [0.3, 0.4) is 0 Å². The lowest BCUT2D eigenvalue weighted by molar-refractivity contribution is -0.144. The molecule has 1 amide bonds. The minimum Gasteiger partial charge on any atom is -0.361 e. The van der Waals surface area contributed by atoms with Crippen molar-refractivity contribution in [3.8, 4) is 0 Å². The van der Waals surface area contributed by atoms with E-state index in [-0.39, 0.29) is 12.1 Å². The fourth-order valence-corrected chi connectivity index (χ4v) is 1.83. The topological polar surface area (TPSA) is 77.0 Å². The van der Waals surface area contributed by atoms with Gasteiger partial charge in [-0.1, -0.05) is 6.92 Å². The summed E-state index contributed by atoms with van der Waals surface area (Å²) in [5.74, 6) is -0.226. The van der Waals surface area contributed by atoms with E-state index in [9.17, 15) is 9.90 Å². The third kappa shape index (κ3) is 1.36. The molecule has 0 saturated carbocycles. The van der Waals surface area contributed by atoms with Crippen LogP contribution in [0, 0.1) is 0 Å². The van der Waals surface area contributed by atoms with E-state index in [0.29, 0.717) is 0 Å². The molecule has 0 aromatic rings. The standard InChI is InChI=1S/C8H14N4O2/c1-2-3-12-6-5(9-4-10-6)7(13)11-8(12)14/h4-6,8,14H,2-3H2,1H3,(H,9,10)(H,11,13). The van der Waals surface area contributed by atoms with Crippen LogP contribution in [0.1, 0.15) is 13.3 Å². The second-order valence-electron chi connectivity index (χ2n) is 3.45. The number of amides is 1. The zero-order chi connectivity index (χ0) is 10.1. The maximum atomic E-state index is 11.4. The van der Waals surface area contributed by atoms with E-state index in [2.05, 4.69) is 15.6 Å². The van der Waals surface area contributed by atoms with Crippen LogP contribution in [0.25, 0.3) is 0 Å². The van der Waals surface area contributed by atoms with Gasteiger partial charge in [-0.15, -0.1) is 0 Å². The molecule has 14 heavy (non-hydrogen) atoms. The van der Waals surface area contributed by atoms with Gasteiger partial charge in [-0.2, -0.15) is 0 Å². The fourth-order valence-electron chi connectivity index (χ4n) is 1.83. The van der Waals surface area contributed by atoms with Gasteiger partial charge >= 0.3 is 0 Å². The van der Waals surface area contributed by atoms with Crippen LogP contribution < -0.4 is 10.6 Å². The van der Waals surface area contributed by atoms with E-state index in [0.717, 1.165) is 13.0 Å². The molecule has 0 bridgehead atoms. The van der Waals surface area contributed by atoms with Crippen molar-refractivity contribution in [1.82, 2.24) is 15.5 Å². The first-order valence-corrected chi connectivity index (χ1v) is 4.76. The molecule has 0 aromatic carbocycles. The second kappa shape index (κ2) is 3.55. The quantitative estimate of drug-likeness (QED) is 0.501. The van der Waals surface area contributed by atoms with Gasteiger partial charge in [-0.3, -0.25) is 9.79 Å². The van der Waals surface area contributed by atoms with Crippen LogP contribution >= 0.6 is 0 Å². The first-order chi connectivity index (χ1) is 6.74. The molecule has 0 radical (unpaired) electrons. The van der Waals surface area contributed by atoms with Gasteiger partial charge in [0.25, 0.3) is 5.91 Å². The Balaban J connectivity index is 2.14. The Kier molecular flexibility index (Phi) is 2.39. The van der Waals surface area contributed by atoms with Crippen molar-refractivity contribution in [2.24, 2.45) is 4.99 Å². The van der Waals surface area contributed by atoms with Gasteiger partial charge in [0.05, 0.1) is 6.34 Å². The average Bonchev–Trinajstić information content (AvgIpc) is 2.60. The number of hydrogen-bond donors (Lipinski definition) is 3. The Hall–Kier alpha value is -1.14. The normalized spacial score (nSPS) is 36.4. The third-order valence-corrected chi connectivity index (χ3v) is 2.47. The number of carbonyl (C=O) groups excluding carboxylic acids is 1. The van der Waals surface area contributed by atoms with Gasteiger partial charge in [0.1, 0.15) is 6.17 Å². The molecule has 0 spiro atoms. The van der Waals surface area contributed by atoms with Crippen LogP contribution in [0.2, 0.25) is 0 Å². The van der Waals surface area contributed by atoms with Gasteiger partial charge in [0.15, 0.2) is 12.4 Å². The van der Waals surface area contributed by atoms with E-state index in [4.69, 9.17) is 0 Å². The first-order valence-electron chi connectivity index (χ1n) is 4.76. The number of carbonyl (C=O) groups is 1. The highest BCUT2D eigenvalue weighted by molar-refractivity contribution is 5.86. The molecule has 78 valence electrons. The van der Waals surface area contributed by atoms with E-state index >= 15 is 0 Å². The molecular formula is C8H14N4O2. The molecule has 6 nitrogen and oxygen atoms in total. The molecular weight excluding hydrogens is 184 g/mol. The molecule has 6 heteroatoms.